The molecule has 1 fully saturated rings. The maximum Gasteiger partial charge on any atom is 0.332 e. The SMILES string of the molecule is CCC=CC(O)CC=C[C@H]1CCC(=O)[C@@H]1CC=CCCCC(O)C(=O)O. The number of hydrogen-bond donors (Lipinski definition) is 3. The van der Waals surface area contributed by atoms with E-state index in [1.165, 1.54) is 0 Å². The van der Waals surface area contributed by atoms with Gasteiger partial charge < -0.3 is 15.3 Å². The standard InChI is InChI=1S/C21H32O5/c1-2-3-10-17(22)11-8-9-16-14-15-19(23)18(16)12-6-4-5-7-13-20(24)21(25)26/h3-4,6,8-10,16-18,20,22,24H,2,5,7,11-15H2,1H3,(H,25,26)/t16-,17?,18+,20?/m0/s1. The fourth-order valence-corrected chi connectivity index (χ4v) is 3.15. The van der Waals surface area contributed by atoms with Crippen LogP contribution < -0.4 is 0 Å². The minimum Gasteiger partial charge on any atom is -0.479 e. The summed E-state index contributed by atoms with van der Waals surface area (Å²) < 4.78 is 0. The van der Waals surface area contributed by atoms with Crippen molar-refractivity contribution >= 4 is 11.8 Å². The Kier molecular flexibility index (Phi) is 10.8. The van der Waals surface area contributed by atoms with Crippen molar-refractivity contribution in [2.24, 2.45) is 11.8 Å². The molecule has 1 rings (SSSR count). The predicted octanol–water partition coefficient (Wildman–Crippen LogP) is 3.42. The summed E-state index contributed by atoms with van der Waals surface area (Å²) in [5, 5.41) is 27.6. The Labute approximate surface area is 156 Å². The van der Waals surface area contributed by atoms with E-state index >= 15 is 0 Å². The second-order valence-corrected chi connectivity index (χ2v) is 6.83. The zero-order chi connectivity index (χ0) is 19.4. The molecule has 0 aromatic heterocycles. The zero-order valence-electron chi connectivity index (χ0n) is 15.6. The monoisotopic (exact) mass is 364 g/mol. The molecule has 1 aliphatic carbocycles. The van der Waals surface area contributed by atoms with Gasteiger partial charge in [-0.2, -0.15) is 0 Å². The number of ketones is 1. The predicted molar refractivity (Wildman–Crippen MR) is 102 cm³/mol. The van der Waals surface area contributed by atoms with Crippen LogP contribution in [0.1, 0.15) is 58.3 Å². The Balaban J connectivity index is 2.36. The molecule has 4 atom stereocenters. The Bertz CT molecular complexity index is 520. The summed E-state index contributed by atoms with van der Waals surface area (Å²) in [4.78, 5) is 22.6. The number of Topliss-reactive ketones (excluding diaryl/α,β-unsaturated/α-hetero) is 1. The van der Waals surface area contributed by atoms with Gasteiger partial charge in [-0.05, 0) is 50.9 Å². The van der Waals surface area contributed by atoms with Crippen LogP contribution in [-0.2, 0) is 9.59 Å². The van der Waals surface area contributed by atoms with Crippen LogP contribution in [0.2, 0.25) is 0 Å². The first-order valence-electron chi connectivity index (χ1n) is 9.55. The molecule has 2 unspecified atom stereocenters. The largest absolute Gasteiger partial charge is 0.479 e. The van der Waals surface area contributed by atoms with Crippen molar-refractivity contribution in [1.82, 2.24) is 0 Å². The van der Waals surface area contributed by atoms with Crippen LogP contribution in [0.3, 0.4) is 0 Å². The van der Waals surface area contributed by atoms with E-state index < -0.39 is 18.2 Å². The Morgan fingerprint density at radius 3 is 2.69 bits per heavy atom. The number of aliphatic hydroxyl groups excluding tert-OH is 2. The Hall–Kier alpha value is -1.72. The number of allylic oxidation sites excluding steroid dienone is 4. The molecule has 0 aromatic carbocycles. The fraction of sp³-hybridized carbons (Fsp3) is 0.619. The smallest absolute Gasteiger partial charge is 0.332 e. The summed E-state index contributed by atoms with van der Waals surface area (Å²) >= 11 is 0. The summed E-state index contributed by atoms with van der Waals surface area (Å²) in [5.41, 5.74) is 0. The minimum absolute atomic E-state index is 0.00423. The lowest BCUT2D eigenvalue weighted by Gasteiger charge is -2.13. The summed E-state index contributed by atoms with van der Waals surface area (Å²) in [6, 6.07) is 0. The van der Waals surface area contributed by atoms with Crippen molar-refractivity contribution in [3.05, 3.63) is 36.5 Å². The molecule has 0 aliphatic heterocycles. The third-order valence-corrected chi connectivity index (χ3v) is 4.70. The van der Waals surface area contributed by atoms with E-state index in [0.29, 0.717) is 32.1 Å². The van der Waals surface area contributed by atoms with E-state index in [-0.39, 0.29) is 24.0 Å². The van der Waals surface area contributed by atoms with E-state index in [2.05, 4.69) is 6.08 Å². The topological polar surface area (TPSA) is 94.8 Å². The molecule has 1 saturated carbocycles. The number of carbonyl (C=O) groups excluding carboxylic acids is 1. The normalized spacial score (nSPS) is 23.4. The number of aliphatic hydroxyl groups is 2. The number of unbranched alkanes of at least 4 members (excludes halogenated alkanes) is 1. The number of carboxylic acid groups (broad SMARTS) is 1. The van der Waals surface area contributed by atoms with Crippen LogP contribution in [0, 0.1) is 11.8 Å². The lowest BCUT2D eigenvalue weighted by molar-refractivity contribution is -0.146. The van der Waals surface area contributed by atoms with Gasteiger partial charge in [-0.1, -0.05) is 43.4 Å². The van der Waals surface area contributed by atoms with E-state index in [4.69, 9.17) is 5.11 Å². The summed E-state index contributed by atoms with van der Waals surface area (Å²) in [5.74, 6) is -0.675. The molecule has 0 bridgehead atoms. The molecule has 0 heterocycles. The zero-order valence-corrected chi connectivity index (χ0v) is 15.6. The number of carbonyl (C=O) groups is 2. The quantitative estimate of drug-likeness (QED) is 0.364. The van der Waals surface area contributed by atoms with E-state index in [0.717, 1.165) is 12.8 Å². The maximum absolute atomic E-state index is 12.1. The van der Waals surface area contributed by atoms with Gasteiger partial charge in [-0.15, -0.1) is 0 Å². The molecule has 3 N–H and O–H groups in total. The van der Waals surface area contributed by atoms with Crippen LogP contribution in [0.5, 0.6) is 0 Å². The number of aliphatic carboxylic acids is 1. The summed E-state index contributed by atoms with van der Waals surface area (Å²) in [6.45, 7) is 2.02. The van der Waals surface area contributed by atoms with Crippen molar-refractivity contribution in [3.63, 3.8) is 0 Å². The van der Waals surface area contributed by atoms with E-state index in [9.17, 15) is 19.8 Å². The molecule has 0 radical (unpaired) electrons. The molecular weight excluding hydrogens is 332 g/mol. The lowest BCUT2D eigenvalue weighted by atomic mass is 9.91. The van der Waals surface area contributed by atoms with Gasteiger partial charge >= 0.3 is 5.97 Å². The first-order valence-corrected chi connectivity index (χ1v) is 9.55. The first-order chi connectivity index (χ1) is 12.5. The highest BCUT2D eigenvalue weighted by Gasteiger charge is 2.31. The van der Waals surface area contributed by atoms with Crippen LogP contribution in [-0.4, -0.2) is 39.3 Å². The van der Waals surface area contributed by atoms with Gasteiger partial charge in [-0.25, -0.2) is 4.79 Å². The maximum atomic E-state index is 12.1. The summed E-state index contributed by atoms with van der Waals surface area (Å²) in [6.07, 6.45) is 15.1. The van der Waals surface area contributed by atoms with Crippen LogP contribution >= 0.6 is 0 Å². The van der Waals surface area contributed by atoms with Crippen LogP contribution in [0.4, 0.5) is 0 Å². The van der Waals surface area contributed by atoms with Gasteiger partial charge in [-0.3, -0.25) is 4.79 Å². The third-order valence-electron chi connectivity index (χ3n) is 4.70. The number of hydrogen-bond acceptors (Lipinski definition) is 4. The fourth-order valence-electron chi connectivity index (χ4n) is 3.15. The molecule has 0 aromatic rings. The van der Waals surface area contributed by atoms with Crippen molar-refractivity contribution in [1.29, 1.82) is 0 Å². The molecular formula is C21H32O5. The van der Waals surface area contributed by atoms with Crippen LogP contribution in [0.15, 0.2) is 36.5 Å². The molecule has 0 spiro atoms. The lowest BCUT2D eigenvalue weighted by Crippen LogP contribution is -2.18. The minimum atomic E-state index is -1.29. The van der Waals surface area contributed by atoms with Crippen molar-refractivity contribution in [2.45, 2.75) is 70.5 Å². The molecule has 5 heteroatoms. The average Bonchev–Trinajstić information content (AvgIpc) is 2.95. The molecule has 1 aliphatic rings. The number of rotatable bonds is 12. The molecule has 5 nitrogen and oxygen atoms in total. The van der Waals surface area contributed by atoms with Crippen molar-refractivity contribution in [3.8, 4) is 0 Å². The molecule has 26 heavy (non-hydrogen) atoms. The average molecular weight is 364 g/mol. The highest BCUT2D eigenvalue weighted by atomic mass is 16.4. The van der Waals surface area contributed by atoms with Gasteiger partial charge in [0.15, 0.2) is 6.10 Å². The van der Waals surface area contributed by atoms with E-state index in [1.54, 1.807) is 6.08 Å². The van der Waals surface area contributed by atoms with Crippen molar-refractivity contribution in [2.75, 3.05) is 0 Å². The van der Waals surface area contributed by atoms with Gasteiger partial charge in [0, 0.05) is 12.3 Å². The highest BCUT2D eigenvalue weighted by Crippen LogP contribution is 2.32. The van der Waals surface area contributed by atoms with Gasteiger partial charge in [0.25, 0.3) is 0 Å². The van der Waals surface area contributed by atoms with Crippen molar-refractivity contribution < 1.29 is 24.9 Å². The molecule has 0 amide bonds. The third kappa shape index (κ3) is 8.59. The number of carboxylic acids is 1. The molecule has 146 valence electrons. The van der Waals surface area contributed by atoms with E-state index in [1.807, 2.05) is 31.2 Å². The van der Waals surface area contributed by atoms with Gasteiger partial charge in [0.2, 0.25) is 0 Å². The second-order valence-electron chi connectivity index (χ2n) is 6.83. The van der Waals surface area contributed by atoms with Gasteiger partial charge in [0.1, 0.15) is 5.78 Å². The Morgan fingerprint density at radius 1 is 1.23 bits per heavy atom. The second kappa shape index (κ2) is 12.6. The van der Waals surface area contributed by atoms with Gasteiger partial charge in [0.05, 0.1) is 6.10 Å². The molecule has 0 saturated heterocycles. The van der Waals surface area contributed by atoms with Crippen LogP contribution in [0.25, 0.3) is 0 Å². The Morgan fingerprint density at radius 2 is 2.00 bits per heavy atom. The first kappa shape index (κ1) is 22.3. The summed E-state index contributed by atoms with van der Waals surface area (Å²) in [7, 11) is 0. The highest BCUT2D eigenvalue weighted by molar-refractivity contribution is 5.83.